The number of aromatic amines is 3. The first kappa shape index (κ1) is 84.8. The van der Waals surface area contributed by atoms with Gasteiger partial charge >= 0.3 is 0 Å². The molecule has 0 radical (unpaired) electrons. The molecule has 8 aromatic heterocycles. The first-order valence-electron chi connectivity index (χ1n) is 35.5. The molecule has 16 nitrogen and oxygen atoms in total. The number of imidazole rings is 1. The van der Waals surface area contributed by atoms with Gasteiger partial charge in [-0.1, -0.05) is 290 Å². The van der Waals surface area contributed by atoms with Crippen molar-refractivity contribution in [2.75, 3.05) is 13.2 Å². The van der Waals surface area contributed by atoms with Gasteiger partial charge in [0.05, 0.1) is 40.0 Å². The van der Waals surface area contributed by atoms with E-state index in [1.807, 2.05) is 89.3 Å². The molecule has 3 N–H and O–H groups in total. The standard InChI is InChI=1S/C14H16.C12H20N2O.C12H15N.2C11H14N2.C11H15NO2.C7H12N2O.C7H12N2S.CH4/c1-14(2,3)13-10-6-8-11-7-4-5-9-12(11)13;1-11(2,3)8-7-9(12(4,5)6)13-14-10(8)15;1-12(2,3)10-8-13-11-7-5-4-6-9(10)11;1-11(2,3)9-8-13-7-5-4-6-10(13)12-9;1-11(2,3)10-8-6-4-5-7-9(8)12-13-10;1-11(2,3)8-4-5-12-10-9(8)13-6-7-14-10;2*1-5-6(7(2,3)4)9-10-8-5;/h4-10H,1-3H3;7H,1-6H3,(H,14,15);4-8,13H,1-3H3;4-8H,1-3H3;4-7H,1-3H3,(H,12,13);4-5H,6-7H2,1-3H3;2*1-4H3;1H4. The summed E-state index contributed by atoms with van der Waals surface area (Å²) in [7, 11) is 0. The highest BCUT2D eigenvalue weighted by Gasteiger charge is 2.27. The van der Waals surface area contributed by atoms with Gasteiger partial charge in [0.2, 0.25) is 0 Å². The fourth-order valence-electron chi connectivity index (χ4n) is 11.1. The van der Waals surface area contributed by atoms with Crippen molar-refractivity contribution in [3.8, 4) is 11.6 Å². The number of nitrogens with one attached hydrogen (secondary N) is 3. The minimum Gasteiger partial charge on any atom is -0.484 e. The predicted octanol–water partition coefficient (Wildman–Crippen LogP) is 22.1. The molecule has 4 aromatic carbocycles. The van der Waals surface area contributed by atoms with Crippen molar-refractivity contribution in [1.29, 1.82) is 0 Å². The summed E-state index contributed by atoms with van der Waals surface area (Å²) in [4.78, 5) is 23.6. The summed E-state index contributed by atoms with van der Waals surface area (Å²) in [6.45, 7) is 63.2. The molecule has 0 fully saturated rings. The van der Waals surface area contributed by atoms with E-state index in [2.05, 4.69) is 315 Å². The van der Waals surface area contributed by atoms with E-state index in [1.54, 1.807) is 6.20 Å². The predicted molar refractivity (Wildman–Crippen MR) is 432 cm³/mol. The van der Waals surface area contributed by atoms with E-state index in [0.717, 1.165) is 62.2 Å². The maximum atomic E-state index is 11.6. The molecule has 1 aliphatic rings. The molecule has 0 saturated carbocycles. The van der Waals surface area contributed by atoms with Crippen molar-refractivity contribution < 1.29 is 14.1 Å². The molecule has 0 atom stereocenters. The van der Waals surface area contributed by atoms with Crippen molar-refractivity contribution in [3.05, 3.63) is 219 Å². The Balaban J connectivity index is 0.000000212. The van der Waals surface area contributed by atoms with Crippen LogP contribution in [0.3, 0.4) is 0 Å². The number of aryl methyl sites for hydroxylation is 2. The zero-order chi connectivity index (χ0) is 76.2. The summed E-state index contributed by atoms with van der Waals surface area (Å²) in [6.07, 6.45) is 8.01. The molecule has 0 amide bonds. The average molecular weight is 1420 g/mol. The molecule has 13 rings (SSSR count). The van der Waals surface area contributed by atoms with Gasteiger partial charge in [0.25, 0.3) is 11.4 Å². The lowest BCUT2D eigenvalue weighted by Gasteiger charge is -2.26. The van der Waals surface area contributed by atoms with Crippen LogP contribution in [0.1, 0.15) is 256 Å². The Hall–Kier alpha value is -8.83. The summed E-state index contributed by atoms with van der Waals surface area (Å²) in [5, 5.41) is 26.8. The molecule has 0 unspecified atom stereocenters. The van der Waals surface area contributed by atoms with Crippen molar-refractivity contribution in [3.63, 3.8) is 0 Å². The number of fused-ring (bicyclic) bond motifs is 5. The largest absolute Gasteiger partial charge is 0.484 e. The zero-order valence-corrected chi connectivity index (χ0v) is 67.7. The van der Waals surface area contributed by atoms with Crippen molar-refractivity contribution >= 4 is 50.0 Å². The van der Waals surface area contributed by atoms with E-state index < -0.39 is 0 Å². The number of rotatable bonds is 0. The van der Waals surface area contributed by atoms with Gasteiger partial charge in [0, 0.05) is 85.0 Å². The molecule has 12 aromatic rings. The maximum Gasteiger partial charge on any atom is 0.267 e. The fourth-order valence-corrected chi connectivity index (χ4v) is 11.8. The quantitative estimate of drug-likeness (QED) is 0.130. The normalized spacial score (nSPS) is 12.6. The highest BCUT2D eigenvalue weighted by Crippen LogP contribution is 2.39. The molecular formula is C86H122N12O4S. The number of nitrogens with zero attached hydrogens (tertiary/aromatic N) is 9. The van der Waals surface area contributed by atoms with Crippen LogP contribution in [0.4, 0.5) is 0 Å². The summed E-state index contributed by atoms with van der Waals surface area (Å²) < 4.78 is 26.0. The number of ether oxygens (including phenoxy) is 2. The van der Waals surface area contributed by atoms with Crippen LogP contribution in [0.5, 0.6) is 11.6 Å². The summed E-state index contributed by atoms with van der Waals surface area (Å²) >= 11 is 1.29. The minimum absolute atomic E-state index is 0. The fraction of sp³-hybridized carbons (Fsp3) is 0.477. The van der Waals surface area contributed by atoms with Gasteiger partial charge < -0.3 is 18.9 Å². The maximum absolute atomic E-state index is 11.6. The third kappa shape index (κ3) is 24.1. The molecular weight excluding hydrogens is 1300 g/mol. The molecule has 0 spiro atoms. The Labute approximate surface area is 619 Å². The van der Waals surface area contributed by atoms with E-state index in [-0.39, 0.29) is 61.7 Å². The first-order valence-corrected chi connectivity index (χ1v) is 36.2. The third-order valence-corrected chi connectivity index (χ3v) is 17.3. The van der Waals surface area contributed by atoms with Gasteiger partial charge in [-0.3, -0.25) is 9.89 Å². The molecule has 0 aliphatic carbocycles. The number of para-hydroxylation sites is 2. The highest BCUT2D eigenvalue weighted by atomic mass is 32.1. The SMILES string of the molecule is C.CC(C)(C)c1[nH]nc2ccccc12.CC(C)(C)c1c[nH]c2ccccc12.CC(C)(C)c1cc(C(C)(C)C)c(=O)[nH]n1.CC(C)(C)c1cccc2ccccc12.CC(C)(C)c1ccnc2c1OCCO2.CC(C)(C)c1cn2ccccc2n1.Cc1nonc1C(C)(C)C.Cc1nsnc1C(C)(C)C. The number of H-pyrrole nitrogens is 3. The Bertz CT molecular complexity index is 4490. The lowest BCUT2D eigenvalue weighted by Crippen LogP contribution is -2.28. The number of pyridine rings is 2. The highest BCUT2D eigenvalue weighted by molar-refractivity contribution is 6.99. The second kappa shape index (κ2) is 34.2. The Kier molecular flexibility index (Phi) is 28.1. The van der Waals surface area contributed by atoms with Crippen LogP contribution in [-0.2, 0) is 48.7 Å². The van der Waals surface area contributed by atoms with E-state index in [9.17, 15) is 4.79 Å². The number of benzene rings is 4. The molecule has 9 heterocycles. The Morgan fingerprint density at radius 1 is 0.466 bits per heavy atom. The Morgan fingerprint density at radius 2 is 1.02 bits per heavy atom. The smallest absolute Gasteiger partial charge is 0.267 e. The number of hydrogen-bond donors (Lipinski definition) is 3. The van der Waals surface area contributed by atoms with Gasteiger partial charge in [-0.05, 0) is 93.8 Å². The second-order valence-electron chi connectivity index (χ2n) is 35.3. The van der Waals surface area contributed by atoms with E-state index in [4.69, 9.17) is 9.47 Å². The molecule has 103 heavy (non-hydrogen) atoms. The topological polar surface area (TPSA) is 204 Å². The summed E-state index contributed by atoms with van der Waals surface area (Å²) in [6, 6.07) is 41.7. The number of aromatic nitrogens is 12. The monoisotopic (exact) mass is 1420 g/mol. The molecule has 556 valence electrons. The van der Waals surface area contributed by atoms with Crippen LogP contribution in [-0.4, -0.2) is 72.0 Å². The lowest BCUT2D eigenvalue weighted by molar-refractivity contribution is 0.161. The van der Waals surface area contributed by atoms with Gasteiger partial charge in [0.1, 0.15) is 30.2 Å². The molecule has 1 aliphatic heterocycles. The second-order valence-corrected chi connectivity index (χ2v) is 35.8. The van der Waals surface area contributed by atoms with Crippen LogP contribution in [0.25, 0.3) is 38.2 Å². The van der Waals surface area contributed by atoms with Gasteiger partial charge in [-0.15, -0.1) is 0 Å². The van der Waals surface area contributed by atoms with Gasteiger partial charge in [0.15, 0.2) is 5.75 Å². The van der Waals surface area contributed by atoms with E-state index in [1.165, 1.54) is 55.6 Å². The molecule has 0 saturated heterocycles. The zero-order valence-electron chi connectivity index (χ0n) is 66.8. The van der Waals surface area contributed by atoms with Crippen LogP contribution < -0.4 is 15.0 Å². The minimum atomic E-state index is -0.142. The third-order valence-electron chi connectivity index (χ3n) is 16.7. The van der Waals surface area contributed by atoms with Crippen molar-refractivity contribution in [2.45, 2.75) is 257 Å². The first-order chi connectivity index (χ1) is 47.1. The van der Waals surface area contributed by atoms with Gasteiger partial charge in [-0.2, -0.15) is 18.9 Å². The van der Waals surface area contributed by atoms with Gasteiger partial charge in [-0.25, -0.2) is 19.7 Å². The van der Waals surface area contributed by atoms with E-state index in [0.29, 0.717) is 19.1 Å². The number of hydrogen-bond acceptors (Lipinski definition) is 13. The van der Waals surface area contributed by atoms with Crippen LogP contribution >= 0.6 is 11.7 Å². The average Bonchev–Trinajstić information content (AvgIpc) is 1.78. The van der Waals surface area contributed by atoms with Crippen LogP contribution in [0.15, 0.2) is 156 Å². The summed E-state index contributed by atoms with van der Waals surface area (Å²) in [5.41, 5.74) is 16.0. The lowest BCUT2D eigenvalue weighted by atomic mass is 9.84. The summed E-state index contributed by atoms with van der Waals surface area (Å²) in [5.74, 6) is 1.44. The Morgan fingerprint density at radius 3 is 1.54 bits per heavy atom. The van der Waals surface area contributed by atoms with Crippen molar-refractivity contribution in [1.82, 2.24) is 58.8 Å². The van der Waals surface area contributed by atoms with Crippen LogP contribution in [0.2, 0.25) is 0 Å². The van der Waals surface area contributed by atoms with Crippen molar-refractivity contribution in [2.24, 2.45) is 0 Å². The van der Waals surface area contributed by atoms with E-state index >= 15 is 0 Å². The molecule has 17 heteroatoms. The van der Waals surface area contributed by atoms with Crippen LogP contribution in [0, 0.1) is 13.8 Å². The molecule has 0 bridgehead atoms.